The molecule has 0 aliphatic carbocycles. The minimum atomic E-state index is -2.99. The van der Waals surface area contributed by atoms with Crippen LogP contribution in [0.2, 0.25) is 0 Å². The maximum Gasteiger partial charge on any atom is 0.409 e. The lowest BCUT2D eigenvalue weighted by atomic mass is 10.3. The fourth-order valence-corrected chi connectivity index (χ4v) is 2.47. The predicted molar refractivity (Wildman–Crippen MR) is 81.2 cm³/mol. The van der Waals surface area contributed by atoms with Gasteiger partial charge in [-0.25, -0.2) is 13.2 Å². The summed E-state index contributed by atoms with van der Waals surface area (Å²) in [7, 11) is -1.34. The van der Waals surface area contributed by atoms with Crippen LogP contribution < -0.4 is 5.32 Å². The van der Waals surface area contributed by atoms with Crippen LogP contribution in [-0.4, -0.2) is 88.7 Å². The summed E-state index contributed by atoms with van der Waals surface area (Å²) < 4.78 is 27.2. The second kappa shape index (κ2) is 8.06. The number of rotatable bonds is 4. The number of carbonyl (C=O) groups is 1. The van der Waals surface area contributed by atoms with Crippen molar-refractivity contribution in [3.05, 3.63) is 0 Å². The van der Waals surface area contributed by atoms with E-state index in [-0.39, 0.29) is 11.8 Å². The van der Waals surface area contributed by atoms with Crippen molar-refractivity contribution < 1.29 is 17.9 Å². The van der Waals surface area contributed by atoms with Crippen LogP contribution in [0, 0.1) is 0 Å². The number of ether oxygens (including phenoxy) is 1. The van der Waals surface area contributed by atoms with Crippen molar-refractivity contribution in [1.29, 1.82) is 0 Å². The molecule has 1 aliphatic rings. The van der Waals surface area contributed by atoms with Crippen molar-refractivity contribution in [2.24, 2.45) is 4.99 Å². The van der Waals surface area contributed by atoms with Gasteiger partial charge < -0.3 is 19.9 Å². The van der Waals surface area contributed by atoms with Gasteiger partial charge in [-0.1, -0.05) is 0 Å². The molecular formula is C12H24N4O4S. The third-order valence-electron chi connectivity index (χ3n) is 3.07. The second-order valence-electron chi connectivity index (χ2n) is 4.78. The fourth-order valence-electron chi connectivity index (χ4n) is 2.00. The van der Waals surface area contributed by atoms with Gasteiger partial charge in [0.05, 0.1) is 12.4 Å². The molecule has 0 aromatic carbocycles. The molecule has 0 aromatic rings. The Hall–Kier alpha value is -1.51. The van der Waals surface area contributed by atoms with E-state index in [1.807, 2.05) is 4.90 Å². The highest BCUT2D eigenvalue weighted by atomic mass is 32.2. The van der Waals surface area contributed by atoms with Crippen molar-refractivity contribution >= 4 is 21.9 Å². The lowest BCUT2D eigenvalue weighted by Crippen LogP contribution is -2.54. The van der Waals surface area contributed by atoms with E-state index >= 15 is 0 Å². The van der Waals surface area contributed by atoms with Crippen LogP contribution in [0.5, 0.6) is 0 Å². The van der Waals surface area contributed by atoms with Crippen LogP contribution in [0.15, 0.2) is 4.99 Å². The Balaban J connectivity index is 2.42. The molecule has 1 rings (SSSR count). The summed E-state index contributed by atoms with van der Waals surface area (Å²) >= 11 is 0. The summed E-state index contributed by atoms with van der Waals surface area (Å²) in [5.74, 6) is 0.719. The lowest BCUT2D eigenvalue weighted by Gasteiger charge is -2.35. The van der Waals surface area contributed by atoms with E-state index in [0.29, 0.717) is 45.3 Å². The highest BCUT2D eigenvalue weighted by molar-refractivity contribution is 7.90. The molecule has 9 heteroatoms. The first-order valence-electron chi connectivity index (χ1n) is 6.92. The predicted octanol–water partition coefficient (Wildman–Crippen LogP) is -0.619. The molecule has 1 saturated heterocycles. The molecule has 0 saturated carbocycles. The van der Waals surface area contributed by atoms with Gasteiger partial charge in [-0.2, -0.15) is 0 Å². The highest BCUT2D eigenvalue weighted by Gasteiger charge is 2.23. The standard InChI is InChI=1S/C12H24N4O4S/c1-4-20-12(17)16-8-6-15(7-9-16)11(13-2)14-5-10-21(3,18)19/h4-10H2,1-3H3,(H,13,14). The smallest absolute Gasteiger partial charge is 0.409 e. The largest absolute Gasteiger partial charge is 0.450 e. The first-order chi connectivity index (χ1) is 9.87. The van der Waals surface area contributed by atoms with E-state index in [1.165, 1.54) is 6.26 Å². The van der Waals surface area contributed by atoms with Crippen LogP contribution in [0.3, 0.4) is 0 Å². The van der Waals surface area contributed by atoms with Crippen LogP contribution in [0.1, 0.15) is 6.92 Å². The molecule has 0 spiro atoms. The first-order valence-corrected chi connectivity index (χ1v) is 8.98. The Morgan fingerprint density at radius 1 is 1.24 bits per heavy atom. The van der Waals surface area contributed by atoms with Gasteiger partial charge in [0, 0.05) is 46.0 Å². The quantitative estimate of drug-likeness (QED) is 0.548. The first kappa shape index (κ1) is 17.5. The van der Waals surface area contributed by atoms with E-state index in [2.05, 4.69) is 10.3 Å². The molecular weight excluding hydrogens is 296 g/mol. The molecule has 1 aliphatic heterocycles. The summed E-state index contributed by atoms with van der Waals surface area (Å²) in [4.78, 5) is 19.4. The molecule has 1 amide bonds. The number of aliphatic imine (C=N–C) groups is 1. The number of hydrogen-bond donors (Lipinski definition) is 1. The Labute approximate surface area is 126 Å². The van der Waals surface area contributed by atoms with Crippen LogP contribution in [-0.2, 0) is 14.6 Å². The summed E-state index contributed by atoms with van der Waals surface area (Å²) in [5.41, 5.74) is 0. The van der Waals surface area contributed by atoms with Gasteiger partial charge in [0.1, 0.15) is 9.84 Å². The third kappa shape index (κ3) is 6.19. The molecule has 21 heavy (non-hydrogen) atoms. The SMILES string of the molecule is CCOC(=O)N1CCN(C(=NC)NCCS(C)(=O)=O)CC1. The number of sulfone groups is 1. The van der Waals surface area contributed by atoms with Crippen LogP contribution in [0.4, 0.5) is 4.79 Å². The molecule has 122 valence electrons. The van der Waals surface area contributed by atoms with E-state index in [4.69, 9.17) is 4.74 Å². The van der Waals surface area contributed by atoms with Gasteiger partial charge in [0.25, 0.3) is 0 Å². The summed E-state index contributed by atoms with van der Waals surface area (Å²) in [6.45, 7) is 4.87. The summed E-state index contributed by atoms with van der Waals surface area (Å²) in [6.07, 6.45) is 0.910. The zero-order chi connectivity index (χ0) is 15.9. The minimum absolute atomic E-state index is 0.0643. The van der Waals surface area contributed by atoms with Crippen molar-refractivity contribution in [3.8, 4) is 0 Å². The second-order valence-corrected chi connectivity index (χ2v) is 7.04. The average Bonchev–Trinajstić information content (AvgIpc) is 2.43. The molecule has 1 N–H and O–H groups in total. The zero-order valence-corrected chi connectivity index (χ0v) is 13.6. The van der Waals surface area contributed by atoms with Gasteiger partial charge in [-0.05, 0) is 6.92 Å². The zero-order valence-electron chi connectivity index (χ0n) is 12.8. The highest BCUT2D eigenvalue weighted by Crippen LogP contribution is 2.04. The lowest BCUT2D eigenvalue weighted by molar-refractivity contribution is 0.0915. The normalized spacial score (nSPS) is 16.8. The number of nitrogens with one attached hydrogen (secondary N) is 1. The average molecular weight is 320 g/mol. The summed E-state index contributed by atoms with van der Waals surface area (Å²) in [5, 5.41) is 3.03. The van der Waals surface area contributed by atoms with Gasteiger partial charge in [0.15, 0.2) is 5.96 Å². The van der Waals surface area contributed by atoms with Gasteiger partial charge in [-0.3, -0.25) is 4.99 Å². The topological polar surface area (TPSA) is 91.3 Å². The van der Waals surface area contributed by atoms with Gasteiger partial charge >= 0.3 is 6.09 Å². The molecule has 1 fully saturated rings. The Morgan fingerprint density at radius 3 is 2.29 bits per heavy atom. The minimum Gasteiger partial charge on any atom is -0.450 e. The molecule has 0 aromatic heterocycles. The molecule has 8 nitrogen and oxygen atoms in total. The fraction of sp³-hybridized carbons (Fsp3) is 0.833. The van der Waals surface area contributed by atoms with E-state index < -0.39 is 9.84 Å². The summed E-state index contributed by atoms with van der Waals surface area (Å²) in [6, 6.07) is 0. The van der Waals surface area contributed by atoms with Crippen molar-refractivity contribution in [2.75, 3.05) is 58.4 Å². The van der Waals surface area contributed by atoms with Crippen molar-refractivity contribution in [3.63, 3.8) is 0 Å². The van der Waals surface area contributed by atoms with E-state index in [0.717, 1.165) is 0 Å². The van der Waals surface area contributed by atoms with Gasteiger partial charge in [0.2, 0.25) is 0 Å². The number of piperazine rings is 1. The maximum atomic E-state index is 11.6. The molecule has 0 bridgehead atoms. The molecule has 0 atom stereocenters. The maximum absolute atomic E-state index is 11.6. The molecule has 0 unspecified atom stereocenters. The number of carbonyl (C=O) groups excluding carboxylic acids is 1. The van der Waals surface area contributed by atoms with E-state index in [1.54, 1.807) is 18.9 Å². The molecule has 1 heterocycles. The third-order valence-corrected chi connectivity index (χ3v) is 4.02. The van der Waals surface area contributed by atoms with Crippen LogP contribution in [0.25, 0.3) is 0 Å². The number of nitrogens with zero attached hydrogens (tertiary/aromatic N) is 3. The van der Waals surface area contributed by atoms with Gasteiger partial charge in [-0.15, -0.1) is 0 Å². The van der Waals surface area contributed by atoms with Crippen molar-refractivity contribution in [1.82, 2.24) is 15.1 Å². The Morgan fingerprint density at radius 2 is 1.81 bits per heavy atom. The Kier molecular flexibility index (Phi) is 6.73. The number of guanidine groups is 1. The number of hydrogen-bond acceptors (Lipinski definition) is 5. The monoisotopic (exact) mass is 320 g/mol. The molecule has 0 radical (unpaired) electrons. The number of amides is 1. The van der Waals surface area contributed by atoms with Crippen LogP contribution >= 0.6 is 0 Å². The van der Waals surface area contributed by atoms with Crippen molar-refractivity contribution in [2.45, 2.75) is 6.92 Å². The van der Waals surface area contributed by atoms with E-state index in [9.17, 15) is 13.2 Å². The Bertz CT molecular complexity index is 470.